The summed E-state index contributed by atoms with van der Waals surface area (Å²) in [6.45, 7) is 5.83. The van der Waals surface area contributed by atoms with Crippen molar-refractivity contribution in [2.45, 2.75) is 39.7 Å². The lowest BCUT2D eigenvalue weighted by atomic mass is 10.0. The predicted molar refractivity (Wildman–Crippen MR) is 60.9 cm³/mol. The molecule has 1 atom stereocenters. The van der Waals surface area contributed by atoms with E-state index in [0.717, 1.165) is 16.7 Å². The third-order valence-electron chi connectivity index (χ3n) is 2.42. The number of aryl methyl sites for hydroxylation is 2. The van der Waals surface area contributed by atoms with Crippen LogP contribution in [0.3, 0.4) is 0 Å². The van der Waals surface area contributed by atoms with Crippen LogP contribution in [0, 0.1) is 13.8 Å². The van der Waals surface area contributed by atoms with Crippen molar-refractivity contribution >= 4 is 5.78 Å². The Morgan fingerprint density at radius 1 is 1.27 bits per heavy atom. The number of carbonyl (C=O) groups is 1. The highest BCUT2D eigenvalue weighted by Crippen LogP contribution is 2.11. The van der Waals surface area contributed by atoms with Crippen LogP contribution in [0.1, 0.15) is 30.0 Å². The van der Waals surface area contributed by atoms with E-state index < -0.39 is 6.10 Å². The van der Waals surface area contributed by atoms with Crippen molar-refractivity contribution in [3.8, 4) is 0 Å². The topological polar surface area (TPSA) is 37.3 Å². The van der Waals surface area contributed by atoms with Gasteiger partial charge in [-0.25, -0.2) is 0 Å². The molecule has 1 aromatic rings. The number of aliphatic hydroxyl groups is 1. The fourth-order valence-corrected chi connectivity index (χ4v) is 1.72. The van der Waals surface area contributed by atoms with Gasteiger partial charge in [0.05, 0.1) is 0 Å². The Balaban J connectivity index is 2.76. The highest BCUT2D eigenvalue weighted by molar-refractivity contribution is 5.84. The molecule has 0 heterocycles. The summed E-state index contributed by atoms with van der Waals surface area (Å²) in [5.74, 6) is -0.0949. The predicted octanol–water partition coefficient (Wildman–Crippen LogP) is 2.19. The lowest BCUT2D eigenvalue weighted by molar-refractivity contribution is -0.126. The summed E-state index contributed by atoms with van der Waals surface area (Å²) in [7, 11) is 0. The summed E-state index contributed by atoms with van der Waals surface area (Å²) < 4.78 is 0. The van der Waals surface area contributed by atoms with Crippen LogP contribution >= 0.6 is 0 Å². The molecule has 0 aliphatic heterocycles. The fraction of sp³-hybridized carbons (Fsp3) is 0.462. The quantitative estimate of drug-likeness (QED) is 0.820. The zero-order chi connectivity index (χ0) is 11.4. The molecule has 0 aromatic heterocycles. The monoisotopic (exact) mass is 206 g/mol. The van der Waals surface area contributed by atoms with Gasteiger partial charge in [0, 0.05) is 6.42 Å². The van der Waals surface area contributed by atoms with E-state index in [0.29, 0.717) is 12.8 Å². The number of rotatable bonds is 4. The van der Waals surface area contributed by atoms with Gasteiger partial charge in [0.15, 0.2) is 5.78 Å². The van der Waals surface area contributed by atoms with Gasteiger partial charge in [-0.3, -0.25) is 4.79 Å². The summed E-state index contributed by atoms with van der Waals surface area (Å²) in [4.78, 5) is 11.5. The number of Topliss-reactive ketones (excluding diaryl/α,β-unsaturated/α-hetero) is 1. The maximum absolute atomic E-state index is 11.5. The Hall–Kier alpha value is -1.15. The summed E-state index contributed by atoms with van der Waals surface area (Å²) >= 11 is 0. The number of hydrogen-bond donors (Lipinski definition) is 1. The van der Waals surface area contributed by atoms with E-state index >= 15 is 0 Å². The SMILES string of the molecule is CCC(O)C(=O)Cc1cc(C)cc(C)c1. The van der Waals surface area contributed by atoms with Gasteiger partial charge >= 0.3 is 0 Å². The first-order chi connectivity index (χ1) is 7.02. The number of benzene rings is 1. The maximum Gasteiger partial charge on any atom is 0.165 e. The standard InChI is InChI=1S/C13H18O2/c1-4-12(14)13(15)8-11-6-9(2)5-10(3)7-11/h5-7,12,14H,4,8H2,1-3H3. The van der Waals surface area contributed by atoms with Gasteiger partial charge in [0.1, 0.15) is 6.10 Å². The molecular weight excluding hydrogens is 188 g/mol. The molecule has 0 saturated heterocycles. The van der Waals surface area contributed by atoms with Gasteiger partial charge in [-0.15, -0.1) is 0 Å². The van der Waals surface area contributed by atoms with Crippen molar-refractivity contribution < 1.29 is 9.90 Å². The van der Waals surface area contributed by atoms with Crippen molar-refractivity contribution in [2.75, 3.05) is 0 Å². The lowest BCUT2D eigenvalue weighted by Gasteiger charge is -2.08. The molecule has 1 unspecified atom stereocenters. The summed E-state index contributed by atoms with van der Waals surface area (Å²) in [5, 5.41) is 9.38. The van der Waals surface area contributed by atoms with E-state index in [9.17, 15) is 9.90 Å². The number of aliphatic hydroxyl groups excluding tert-OH is 1. The largest absolute Gasteiger partial charge is 0.385 e. The minimum atomic E-state index is -0.814. The third-order valence-corrected chi connectivity index (χ3v) is 2.42. The minimum absolute atomic E-state index is 0.0949. The second-order valence-corrected chi connectivity index (χ2v) is 4.06. The number of ketones is 1. The average Bonchev–Trinajstić information content (AvgIpc) is 2.14. The van der Waals surface area contributed by atoms with Crippen LogP contribution in [0.25, 0.3) is 0 Å². The number of carbonyl (C=O) groups excluding carboxylic acids is 1. The lowest BCUT2D eigenvalue weighted by Crippen LogP contribution is -2.21. The van der Waals surface area contributed by atoms with Gasteiger partial charge in [-0.1, -0.05) is 36.2 Å². The Kier molecular flexibility index (Phi) is 4.04. The second kappa shape index (κ2) is 5.08. The highest BCUT2D eigenvalue weighted by Gasteiger charge is 2.13. The molecule has 0 bridgehead atoms. The highest BCUT2D eigenvalue weighted by atomic mass is 16.3. The molecule has 0 aliphatic carbocycles. The zero-order valence-electron chi connectivity index (χ0n) is 9.58. The van der Waals surface area contributed by atoms with E-state index in [4.69, 9.17) is 0 Å². The van der Waals surface area contributed by atoms with Crippen molar-refractivity contribution in [3.05, 3.63) is 34.9 Å². The molecule has 0 spiro atoms. The summed E-state index contributed by atoms with van der Waals surface area (Å²) in [5.41, 5.74) is 3.30. The van der Waals surface area contributed by atoms with Crippen molar-refractivity contribution in [1.29, 1.82) is 0 Å². The molecule has 1 rings (SSSR count). The van der Waals surface area contributed by atoms with Crippen molar-refractivity contribution in [1.82, 2.24) is 0 Å². The van der Waals surface area contributed by atoms with E-state index in [1.165, 1.54) is 0 Å². The molecule has 1 aromatic carbocycles. The first-order valence-electron chi connectivity index (χ1n) is 5.31. The average molecular weight is 206 g/mol. The summed E-state index contributed by atoms with van der Waals surface area (Å²) in [6, 6.07) is 6.06. The first kappa shape index (κ1) is 11.9. The minimum Gasteiger partial charge on any atom is -0.385 e. The van der Waals surface area contributed by atoms with Crippen LogP contribution < -0.4 is 0 Å². The molecule has 1 N–H and O–H groups in total. The van der Waals surface area contributed by atoms with Gasteiger partial charge in [-0.05, 0) is 25.8 Å². The summed E-state index contributed by atoms with van der Waals surface area (Å²) in [6.07, 6.45) is 0.00654. The van der Waals surface area contributed by atoms with Crippen molar-refractivity contribution in [3.63, 3.8) is 0 Å². The van der Waals surface area contributed by atoms with Crippen LogP contribution in [0.4, 0.5) is 0 Å². The smallest absolute Gasteiger partial charge is 0.165 e. The Morgan fingerprint density at radius 2 is 1.80 bits per heavy atom. The Labute approximate surface area is 90.9 Å². The van der Waals surface area contributed by atoms with E-state index in [-0.39, 0.29) is 5.78 Å². The zero-order valence-corrected chi connectivity index (χ0v) is 9.58. The molecule has 0 aliphatic rings. The van der Waals surface area contributed by atoms with Crippen LogP contribution in [0.5, 0.6) is 0 Å². The van der Waals surface area contributed by atoms with Gasteiger partial charge in [0.25, 0.3) is 0 Å². The van der Waals surface area contributed by atoms with E-state index in [1.54, 1.807) is 0 Å². The molecule has 0 amide bonds. The second-order valence-electron chi connectivity index (χ2n) is 4.06. The fourth-order valence-electron chi connectivity index (χ4n) is 1.72. The van der Waals surface area contributed by atoms with Crippen LogP contribution in [0.15, 0.2) is 18.2 Å². The molecule has 2 nitrogen and oxygen atoms in total. The molecule has 15 heavy (non-hydrogen) atoms. The normalized spacial score (nSPS) is 12.5. The molecule has 0 saturated carbocycles. The van der Waals surface area contributed by atoms with Crippen LogP contribution in [0.2, 0.25) is 0 Å². The molecule has 0 radical (unpaired) electrons. The molecule has 2 heteroatoms. The van der Waals surface area contributed by atoms with E-state index in [2.05, 4.69) is 6.07 Å². The Bertz CT molecular complexity index is 335. The van der Waals surface area contributed by atoms with Gasteiger partial charge in [0.2, 0.25) is 0 Å². The molecule has 82 valence electrons. The van der Waals surface area contributed by atoms with E-state index in [1.807, 2.05) is 32.9 Å². The molecule has 0 fully saturated rings. The van der Waals surface area contributed by atoms with Crippen molar-refractivity contribution in [2.24, 2.45) is 0 Å². The van der Waals surface area contributed by atoms with Crippen LogP contribution in [-0.2, 0) is 11.2 Å². The van der Waals surface area contributed by atoms with Crippen LogP contribution in [-0.4, -0.2) is 17.0 Å². The first-order valence-corrected chi connectivity index (χ1v) is 5.31. The maximum atomic E-state index is 11.5. The number of hydrogen-bond acceptors (Lipinski definition) is 2. The Morgan fingerprint density at radius 3 is 2.27 bits per heavy atom. The third kappa shape index (κ3) is 3.48. The molecular formula is C13H18O2. The van der Waals surface area contributed by atoms with Gasteiger partial charge < -0.3 is 5.11 Å². The van der Waals surface area contributed by atoms with Gasteiger partial charge in [-0.2, -0.15) is 0 Å².